The lowest BCUT2D eigenvalue weighted by molar-refractivity contribution is -0.110. The van der Waals surface area contributed by atoms with Crippen LogP contribution in [-0.4, -0.2) is 16.4 Å². The summed E-state index contributed by atoms with van der Waals surface area (Å²) >= 11 is 0. The van der Waals surface area contributed by atoms with Crippen molar-refractivity contribution in [1.82, 2.24) is 15.3 Å². The molecule has 1 amide bonds. The van der Waals surface area contributed by atoms with E-state index >= 15 is 0 Å². The number of amides is 1. The Morgan fingerprint density at radius 3 is 2.95 bits per heavy atom. The molecule has 4 nitrogen and oxygen atoms in total. The van der Waals surface area contributed by atoms with Gasteiger partial charge in [0, 0.05) is 27.5 Å². The molecule has 1 aromatic carbocycles. The fraction of sp³-hybridized carbons (Fsp3) is 0.333. The number of carbonyl (C=O) groups is 1. The summed E-state index contributed by atoms with van der Waals surface area (Å²) < 4.78 is 0. The minimum absolute atomic E-state index is 0.0201. The fourth-order valence-corrected chi connectivity index (χ4v) is 3.83. The lowest BCUT2D eigenvalue weighted by Crippen LogP contribution is -2.33. The number of hydrogen-bond acceptors (Lipinski definition) is 2. The number of hydrogen-bond donors (Lipinski definition) is 2. The number of aromatic amines is 1. The van der Waals surface area contributed by atoms with Crippen molar-refractivity contribution in [3.8, 4) is 0 Å². The number of benzene rings is 1. The zero-order valence-corrected chi connectivity index (χ0v) is 12.8. The van der Waals surface area contributed by atoms with E-state index in [1.807, 2.05) is 12.3 Å². The third kappa shape index (κ3) is 1.90. The van der Waals surface area contributed by atoms with Gasteiger partial charge in [0.1, 0.15) is 0 Å². The van der Waals surface area contributed by atoms with Crippen molar-refractivity contribution in [2.24, 2.45) is 5.41 Å². The largest absolute Gasteiger partial charge is 0.353 e. The highest BCUT2D eigenvalue weighted by Crippen LogP contribution is 2.44. The van der Waals surface area contributed by atoms with Gasteiger partial charge in [-0.2, -0.15) is 0 Å². The van der Waals surface area contributed by atoms with Crippen molar-refractivity contribution < 1.29 is 4.79 Å². The molecule has 0 bridgehead atoms. The molecule has 0 radical (unpaired) electrons. The monoisotopic (exact) mass is 293 g/mol. The van der Waals surface area contributed by atoms with Gasteiger partial charge < -0.3 is 10.3 Å². The van der Waals surface area contributed by atoms with Crippen molar-refractivity contribution >= 4 is 28.2 Å². The van der Waals surface area contributed by atoms with Crippen LogP contribution in [0.5, 0.6) is 0 Å². The normalized spacial score (nSPS) is 20.0. The average Bonchev–Trinajstić information content (AvgIpc) is 2.84. The van der Waals surface area contributed by atoms with Crippen LogP contribution in [-0.2, 0) is 11.2 Å². The number of rotatable bonds is 2. The fourth-order valence-electron chi connectivity index (χ4n) is 3.83. The molecule has 2 N–H and O–H groups in total. The Labute approximate surface area is 128 Å². The zero-order chi connectivity index (χ0) is 15.3. The molecule has 0 fully saturated rings. The summed E-state index contributed by atoms with van der Waals surface area (Å²) in [5.41, 5.74) is 4.58. The van der Waals surface area contributed by atoms with E-state index in [-0.39, 0.29) is 11.5 Å². The van der Waals surface area contributed by atoms with Gasteiger partial charge in [0.15, 0.2) is 0 Å². The standard InChI is InChI=1S/C18H19N3O/c1-18(2)7-13-17(14(8-18)20-10-22)16-11-5-3-4-6-12(11)21-15(16)9-19-13/h3-6,9-10,14,21H,7-8H2,1-2H3,(H,20,22)/t14-/m0/s1. The molecule has 0 spiro atoms. The van der Waals surface area contributed by atoms with E-state index in [0.717, 1.165) is 36.0 Å². The molecule has 1 aliphatic rings. The van der Waals surface area contributed by atoms with Crippen molar-refractivity contribution in [3.63, 3.8) is 0 Å². The third-order valence-corrected chi connectivity index (χ3v) is 4.69. The zero-order valence-electron chi connectivity index (χ0n) is 12.8. The molecule has 22 heavy (non-hydrogen) atoms. The molecule has 0 saturated carbocycles. The van der Waals surface area contributed by atoms with Gasteiger partial charge in [-0.05, 0) is 24.3 Å². The lowest BCUT2D eigenvalue weighted by Gasteiger charge is -2.36. The quantitative estimate of drug-likeness (QED) is 0.711. The van der Waals surface area contributed by atoms with Crippen molar-refractivity contribution in [2.45, 2.75) is 32.7 Å². The summed E-state index contributed by atoms with van der Waals surface area (Å²) in [6.45, 7) is 4.47. The Hall–Kier alpha value is -2.36. The molecular weight excluding hydrogens is 274 g/mol. The summed E-state index contributed by atoms with van der Waals surface area (Å²) in [7, 11) is 0. The topological polar surface area (TPSA) is 57.8 Å². The summed E-state index contributed by atoms with van der Waals surface area (Å²) in [6.07, 6.45) is 4.60. The number of H-pyrrole nitrogens is 1. The number of nitrogens with one attached hydrogen (secondary N) is 2. The van der Waals surface area contributed by atoms with Crippen LogP contribution in [0.25, 0.3) is 21.8 Å². The first kappa shape index (κ1) is 13.3. The first-order chi connectivity index (χ1) is 10.6. The maximum atomic E-state index is 11.1. The number of pyridine rings is 1. The Bertz CT molecular complexity index is 879. The predicted molar refractivity (Wildman–Crippen MR) is 87.6 cm³/mol. The molecule has 4 rings (SSSR count). The summed E-state index contributed by atoms with van der Waals surface area (Å²) in [5.74, 6) is 0. The Balaban J connectivity index is 2.07. The highest BCUT2D eigenvalue weighted by atomic mass is 16.1. The van der Waals surface area contributed by atoms with Gasteiger partial charge in [-0.1, -0.05) is 32.0 Å². The van der Waals surface area contributed by atoms with Gasteiger partial charge >= 0.3 is 0 Å². The average molecular weight is 293 g/mol. The van der Waals surface area contributed by atoms with E-state index in [9.17, 15) is 4.79 Å². The van der Waals surface area contributed by atoms with Gasteiger partial charge in [0.25, 0.3) is 0 Å². The lowest BCUT2D eigenvalue weighted by atomic mass is 9.73. The van der Waals surface area contributed by atoms with Gasteiger partial charge in [-0.3, -0.25) is 9.78 Å². The molecule has 112 valence electrons. The molecule has 2 heterocycles. The highest BCUT2D eigenvalue weighted by Gasteiger charge is 2.34. The van der Waals surface area contributed by atoms with Crippen molar-refractivity contribution in [1.29, 1.82) is 0 Å². The third-order valence-electron chi connectivity index (χ3n) is 4.69. The molecule has 1 aliphatic carbocycles. The van der Waals surface area contributed by atoms with E-state index in [0.29, 0.717) is 0 Å². The van der Waals surface area contributed by atoms with Crippen LogP contribution in [0, 0.1) is 5.41 Å². The van der Waals surface area contributed by atoms with E-state index in [1.165, 1.54) is 16.3 Å². The Morgan fingerprint density at radius 1 is 1.32 bits per heavy atom. The van der Waals surface area contributed by atoms with E-state index in [1.54, 1.807) is 0 Å². The molecule has 4 heteroatoms. The van der Waals surface area contributed by atoms with Gasteiger partial charge in [0.05, 0.1) is 17.8 Å². The molecule has 2 aromatic heterocycles. The number of fused-ring (bicyclic) bond motifs is 5. The van der Waals surface area contributed by atoms with Crippen molar-refractivity contribution in [2.75, 3.05) is 0 Å². The second-order valence-electron chi connectivity index (χ2n) is 6.96. The Morgan fingerprint density at radius 2 is 2.14 bits per heavy atom. The van der Waals surface area contributed by atoms with Crippen LogP contribution >= 0.6 is 0 Å². The van der Waals surface area contributed by atoms with Crippen LogP contribution in [0.4, 0.5) is 0 Å². The molecular formula is C18H19N3O. The van der Waals surface area contributed by atoms with E-state index in [2.05, 4.69) is 47.3 Å². The molecule has 0 aliphatic heterocycles. The van der Waals surface area contributed by atoms with Crippen LogP contribution in [0.3, 0.4) is 0 Å². The number of nitrogens with zero attached hydrogens (tertiary/aromatic N) is 1. The Kier molecular flexibility index (Phi) is 2.76. The number of carbonyl (C=O) groups excluding carboxylic acids is 1. The second-order valence-corrected chi connectivity index (χ2v) is 6.96. The minimum Gasteiger partial charge on any atom is -0.353 e. The molecule has 1 atom stereocenters. The van der Waals surface area contributed by atoms with Gasteiger partial charge in [-0.15, -0.1) is 0 Å². The maximum Gasteiger partial charge on any atom is 0.207 e. The molecule has 0 saturated heterocycles. The summed E-state index contributed by atoms with van der Waals surface area (Å²) in [5, 5.41) is 5.41. The molecule has 3 aromatic rings. The first-order valence-electron chi connectivity index (χ1n) is 7.67. The summed E-state index contributed by atoms with van der Waals surface area (Å²) in [6, 6.07) is 8.31. The van der Waals surface area contributed by atoms with Crippen LogP contribution in [0.1, 0.15) is 37.6 Å². The van der Waals surface area contributed by atoms with Gasteiger partial charge in [0.2, 0.25) is 6.41 Å². The van der Waals surface area contributed by atoms with Crippen LogP contribution < -0.4 is 5.32 Å². The highest BCUT2D eigenvalue weighted by molar-refractivity contribution is 6.09. The number of para-hydroxylation sites is 1. The van der Waals surface area contributed by atoms with E-state index in [4.69, 9.17) is 0 Å². The van der Waals surface area contributed by atoms with Gasteiger partial charge in [-0.25, -0.2) is 0 Å². The van der Waals surface area contributed by atoms with Crippen LogP contribution in [0.2, 0.25) is 0 Å². The van der Waals surface area contributed by atoms with Crippen molar-refractivity contribution in [3.05, 3.63) is 41.7 Å². The SMILES string of the molecule is CC1(C)Cc2ncc3[nH]c4ccccc4c3c2[C@@H](NC=O)C1. The number of aromatic nitrogens is 2. The summed E-state index contributed by atoms with van der Waals surface area (Å²) in [4.78, 5) is 19.2. The minimum atomic E-state index is 0.0201. The first-order valence-corrected chi connectivity index (χ1v) is 7.67. The van der Waals surface area contributed by atoms with E-state index < -0.39 is 0 Å². The maximum absolute atomic E-state index is 11.1. The second kappa shape index (κ2) is 4.57. The smallest absolute Gasteiger partial charge is 0.207 e. The van der Waals surface area contributed by atoms with Crippen LogP contribution in [0.15, 0.2) is 30.5 Å². The predicted octanol–water partition coefficient (Wildman–Crippen LogP) is 3.48. The molecule has 0 unspecified atom stereocenters.